The Bertz CT molecular complexity index is 1260. The minimum absolute atomic E-state index is 0. The van der Waals surface area contributed by atoms with Crippen LogP contribution in [0.15, 0.2) is 97.2 Å². The molecule has 1 aromatic heterocycles. The fraction of sp³-hybridized carbons (Fsp3) is 0. The molecule has 156 valence electrons. The number of pyridine rings is 1. The first-order chi connectivity index (χ1) is 14.6. The molecule has 0 saturated carbocycles. The second-order valence-corrected chi connectivity index (χ2v) is 6.64. The molecule has 0 aliphatic rings. The molecule has 0 amide bonds. The Morgan fingerprint density at radius 3 is 2.06 bits per heavy atom. The van der Waals surface area contributed by atoms with Crippen LogP contribution in [0.4, 0.5) is 0 Å². The van der Waals surface area contributed by atoms with Gasteiger partial charge in [0.2, 0.25) is 0 Å². The van der Waals surface area contributed by atoms with Crippen LogP contribution in [0.3, 0.4) is 0 Å². The number of aromatic carboxylic acids is 1. The van der Waals surface area contributed by atoms with Crippen molar-refractivity contribution >= 4 is 27.5 Å². The fourth-order valence-electron chi connectivity index (χ4n) is 3.33. The van der Waals surface area contributed by atoms with Crippen LogP contribution in [0.2, 0.25) is 0 Å². The standard InChI is InChI=1S/C19H12N.C7H6O3.Pt/c1-3-9-16-14(6-1)8-5-11-18(16)19-17-10-4-2-7-15(17)12-13-20-19;8-6-4-2-1-3-5(6)7(9)10;/h1-10,12-13H;1-4,8H,(H,9,10);/q-1;;. The largest absolute Gasteiger partial charge is 0.507 e. The summed E-state index contributed by atoms with van der Waals surface area (Å²) in [6, 6.07) is 32.0. The van der Waals surface area contributed by atoms with Gasteiger partial charge in [0.15, 0.2) is 0 Å². The fourth-order valence-corrected chi connectivity index (χ4v) is 3.33. The molecule has 1 heterocycles. The van der Waals surface area contributed by atoms with Crippen molar-refractivity contribution in [2.45, 2.75) is 0 Å². The maximum Gasteiger partial charge on any atom is 0.339 e. The van der Waals surface area contributed by atoms with Gasteiger partial charge >= 0.3 is 5.97 Å². The topological polar surface area (TPSA) is 70.4 Å². The van der Waals surface area contributed by atoms with Crippen LogP contribution in [0.25, 0.3) is 32.8 Å². The van der Waals surface area contributed by atoms with Gasteiger partial charge in [-0.05, 0) is 34.7 Å². The Morgan fingerprint density at radius 1 is 0.774 bits per heavy atom. The summed E-state index contributed by atoms with van der Waals surface area (Å²) in [4.78, 5) is 14.9. The van der Waals surface area contributed by atoms with Gasteiger partial charge < -0.3 is 15.2 Å². The molecule has 4 nitrogen and oxygen atoms in total. The Morgan fingerprint density at radius 2 is 1.39 bits per heavy atom. The maximum absolute atomic E-state index is 10.3. The van der Waals surface area contributed by atoms with E-state index >= 15 is 0 Å². The number of hydrogen-bond donors (Lipinski definition) is 2. The van der Waals surface area contributed by atoms with E-state index in [1.54, 1.807) is 12.1 Å². The Hall–Kier alpha value is -3.49. The van der Waals surface area contributed by atoms with Crippen LogP contribution in [-0.2, 0) is 21.1 Å². The van der Waals surface area contributed by atoms with Crippen molar-refractivity contribution in [3.8, 4) is 17.0 Å². The zero-order valence-corrected chi connectivity index (χ0v) is 18.6. The molecule has 0 aliphatic heterocycles. The molecule has 0 aliphatic carbocycles. The van der Waals surface area contributed by atoms with E-state index in [4.69, 9.17) is 10.2 Å². The van der Waals surface area contributed by atoms with Crippen molar-refractivity contribution in [1.82, 2.24) is 4.98 Å². The number of carboxylic acid groups (broad SMARTS) is 1. The number of phenols is 1. The van der Waals surface area contributed by atoms with Crippen molar-refractivity contribution in [2.24, 2.45) is 0 Å². The number of rotatable bonds is 2. The average Bonchev–Trinajstić information content (AvgIpc) is 2.79. The number of carboxylic acids is 1. The van der Waals surface area contributed by atoms with Gasteiger partial charge in [-0.3, -0.25) is 0 Å². The van der Waals surface area contributed by atoms with Crippen molar-refractivity contribution in [3.63, 3.8) is 0 Å². The molecule has 0 bridgehead atoms. The minimum atomic E-state index is -1.11. The third kappa shape index (κ3) is 4.81. The molecular weight excluding hydrogens is 569 g/mol. The monoisotopic (exact) mass is 587 g/mol. The van der Waals surface area contributed by atoms with Gasteiger partial charge in [-0.15, -0.1) is 29.1 Å². The molecule has 5 rings (SSSR count). The van der Waals surface area contributed by atoms with Crippen LogP contribution in [-0.4, -0.2) is 21.2 Å². The smallest absolute Gasteiger partial charge is 0.339 e. The molecule has 0 unspecified atom stereocenters. The zero-order chi connectivity index (χ0) is 20.9. The van der Waals surface area contributed by atoms with E-state index in [0.717, 1.165) is 11.3 Å². The number of fused-ring (bicyclic) bond motifs is 2. The second kappa shape index (κ2) is 10.0. The van der Waals surface area contributed by atoms with Gasteiger partial charge in [0.05, 0.1) is 0 Å². The van der Waals surface area contributed by atoms with Crippen LogP contribution < -0.4 is 0 Å². The molecule has 0 saturated heterocycles. The van der Waals surface area contributed by atoms with Crippen LogP contribution >= 0.6 is 0 Å². The third-order valence-electron chi connectivity index (χ3n) is 4.77. The van der Waals surface area contributed by atoms with E-state index in [1.807, 2.05) is 18.3 Å². The van der Waals surface area contributed by atoms with E-state index in [-0.39, 0.29) is 32.4 Å². The molecule has 4 aromatic carbocycles. The summed E-state index contributed by atoms with van der Waals surface area (Å²) in [5.74, 6) is -1.31. The molecule has 0 spiro atoms. The molecule has 0 atom stereocenters. The van der Waals surface area contributed by atoms with Gasteiger partial charge in [-0.25, -0.2) is 4.79 Å². The molecular formula is C26H18NO3Pt-. The number of para-hydroxylation sites is 1. The first kappa shape index (κ1) is 22.2. The van der Waals surface area contributed by atoms with Crippen LogP contribution in [0.1, 0.15) is 10.4 Å². The maximum atomic E-state index is 10.3. The van der Waals surface area contributed by atoms with Gasteiger partial charge in [0.25, 0.3) is 0 Å². The number of hydrogen-bond acceptors (Lipinski definition) is 3. The van der Waals surface area contributed by atoms with Crippen molar-refractivity contribution < 1.29 is 36.1 Å². The van der Waals surface area contributed by atoms with Crippen molar-refractivity contribution in [2.75, 3.05) is 0 Å². The summed E-state index contributed by atoms with van der Waals surface area (Å²) < 4.78 is 0. The van der Waals surface area contributed by atoms with Gasteiger partial charge in [0.1, 0.15) is 11.3 Å². The van der Waals surface area contributed by atoms with E-state index < -0.39 is 5.97 Å². The van der Waals surface area contributed by atoms with E-state index in [2.05, 4.69) is 65.6 Å². The van der Waals surface area contributed by atoms with E-state index in [0.29, 0.717) is 0 Å². The second-order valence-electron chi connectivity index (χ2n) is 6.64. The summed E-state index contributed by atoms with van der Waals surface area (Å²) >= 11 is 0. The molecule has 5 heteroatoms. The number of nitrogens with zero attached hydrogens (tertiary/aromatic N) is 1. The average molecular weight is 588 g/mol. The van der Waals surface area contributed by atoms with E-state index in [9.17, 15) is 4.79 Å². The summed E-state index contributed by atoms with van der Waals surface area (Å²) in [6.45, 7) is 0. The minimum Gasteiger partial charge on any atom is -0.507 e. The summed E-state index contributed by atoms with van der Waals surface area (Å²) in [7, 11) is 0. The summed E-state index contributed by atoms with van der Waals surface area (Å²) in [5.41, 5.74) is 2.00. The number of benzene rings is 4. The first-order valence-electron chi connectivity index (χ1n) is 9.40. The molecule has 5 aromatic rings. The summed E-state index contributed by atoms with van der Waals surface area (Å²) in [5, 5.41) is 22.1. The Labute approximate surface area is 194 Å². The predicted molar refractivity (Wildman–Crippen MR) is 119 cm³/mol. The summed E-state index contributed by atoms with van der Waals surface area (Å²) in [6.07, 6.45) is 1.87. The van der Waals surface area contributed by atoms with E-state index in [1.165, 1.54) is 33.7 Å². The van der Waals surface area contributed by atoms with Crippen molar-refractivity contribution in [1.29, 1.82) is 0 Å². The Kier molecular flexibility index (Phi) is 7.17. The molecule has 0 radical (unpaired) electrons. The number of aromatic nitrogens is 1. The van der Waals surface area contributed by atoms with Gasteiger partial charge in [0, 0.05) is 27.3 Å². The first-order valence-corrected chi connectivity index (χ1v) is 9.40. The van der Waals surface area contributed by atoms with Crippen LogP contribution in [0, 0.1) is 6.07 Å². The predicted octanol–water partition coefficient (Wildman–Crippen LogP) is 5.94. The molecule has 0 fully saturated rings. The molecule has 31 heavy (non-hydrogen) atoms. The molecule has 2 N–H and O–H groups in total. The number of aromatic hydroxyl groups is 1. The van der Waals surface area contributed by atoms with Gasteiger partial charge in [-0.1, -0.05) is 66.0 Å². The normalized spacial score (nSPS) is 10.1. The third-order valence-corrected chi connectivity index (χ3v) is 4.77. The van der Waals surface area contributed by atoms with Gasteiger partial charge in [-0.2, -0.15) is 0 Å². The van der Waals surface area contributed by atoms with Crippen LogP contribution in [0.5, 0.6) is 5.75 Å². The van der Waals surface area contributed by atoms with Crippen molar-refractivity contribution in [3.05, 3.63) is 109 Å². The number of carbonyl (C=O) groups is 1. The quantitative estimate of drug-likeness (QED) is 0.251. The Balaban J connectivity index is 0.000000212. The SMILES string of the molecule is O=C(O)c1ccccc1O.[Pt].[c-]1ccc2ccccc2c1-c1nccc2ccccc12. The zero-order valence-electron chi connectivity index (χ0n) is 16.3.